The van der Waals surface area contributed by atoms with E-state index in [1.54, 1.807) is 24.4 Å². The first-order valence-electron chi connectivity index (χ1n) is 5.31. The van der Waals surface area contributed by atoms with Gasteiger partial charge in [0.1, 0.15) is 11.4 Å². The quantitative estimate of drug-likeness (QED) is 0.685. The molecule has 0 saturated carbocycles. The van der Waals surface area contributed by atoms with Gasteiger partial charge in [0.05, 0.1) is 28.8 Å². The minimum atomic E-state index is -0.486. The van der Waals surface area contributed by atoms with E-state index in [2.05, 4.69) is 10.3 Å². The molecule has 0 saturated heterocycles. The van der Waals surface area contributed by atoms with Gasteiger partial charge in [-0.25, -0.2) is 0 Å². The van der Waals surface area contributed by atoms with Gasteiger partial charge in [-0.15, -0.1) is 0 Å². The van der Waals surface area contributed by atoms with Crippen LogP contribution in [0.5, 0.6) is 5.75 Å². The topological polar surface area (TPSA) is 77.3 Å². The van der Waals surface area contributed by atoms with Crippen molar-refractivity contribution in [1.82, 2.24) is 4.98 Å². The van der Waals surface area contributed by atoms with E-state index in [0.717, 1.165) is 0 Å². The fourth-order valence-corrected chi connectivity index (χ4v) is 1.68. The molecule has 0 bridgehead atoms. The molecule has 1 heterocycles. The van der Waals surface area contributed by atoms with Crippen LogP contribution >= 0.6 is 11.6 Å². The van der Waals surface area contributed by atoms with Crippen LogP contribution in [-0.2, 0) is 0 Å². The molecule has 7 heteroatoms. The van der Waals surface area contributed by atoms with Gasteiger partial charge < -0.3 is 10.1 Å². The number of benzene rings is 1. The normalized spacial score (nSPS) is 10.0. The summed E-state index contributed by atoms with van der Waals surface area (Å²) < 4.78 is 4.97. The number of nitrogens with one attached hydrogen (secondary N) is 1. The highest BCUT2D eigenvalue weighted by Crippen LogP contribution is 2.33. The second-order valence-corrected chi connectivity index (χ2v) is 4.03. The van der Waals surface area contributed by atoms with Crippen LogP contribution in [0.2, 0.25) is 5.02 Å². The first-order chi connectivity index (χ1) is 9.11. The van der Waals surface area contributed by atoms with Gasteiger partial charge in [0.2, 0.25) is 0 Å². The molecule has 1 aromatic carbocycles. The van der Waals surface area contributed by atoms with Crippen molar-refractivity contribution in [2.45, 2.75) is 0 Å². The molecule has 0 unspecified atom stereocenters. The van der Waals surface area contributed by atoms with Crippen LogP contribution in [0.25, 0.3) is 0 Å². The Hall–Kier alpha value is -2.34. The Kier molecular flexibility index (Phi) is 3.82. The lowest BCUT2D eigenvalue weighted by atomic mass is 10.2. The summed E-state index contributed by atoms with van der Waals surface area (Å²) in [6.07, 6.45) is 3.00. The monoisotopic (exact) mass is 279 g/mol. The van der Waals surface area contributed by atoms with E-state index in [1.165, 1.54) is 19.4 Å². The van der Waals surface area contributed by atoms with Crippen LogP contribution in [0.3, 0.4) is 0 Å². The summed E-state index contributed by atoms with van der Waals surface area (Å²) in [4.78, 5) is 14.4. The van der Waals surface area contributed by atoms with E-state index in [1.807, 2.05) is 0 Å². The highest BCUT2D eigenvalue weighted by Gasteiger charge is 2.16. The number of ether oxygens (including phenoxy) is 1. The molecule has 98 valence electrons. The van der Waals surface area contributed by atoms with Gasteiger partial charge in [-0.2, -0.15) is 0 Å². The molecule has 1 aromatic heterocycles. The summed E-state index contributed by atoms with van der Waals surface area (Å²) in [6, 6.07) is 6.17. The maximum atomic E-state index is 11.0. The van der Waals surface area contributed by atoms with E-state index >= 15 is 0 Å². The van der Waals surface area contributed by atoms with E-state index in [4.69, 9.17) is 16.3 Å². The second kappa shape index (κ2) is 5.53. The number of rotatable bonds is 4. The molecule has 0 radical (unpaired) electrons. The summed E-state index contributed by atoms with van der Waals surface area (Å²) in [7, 11) is 1.45. The predicted octanol–water partition coefficient (Wildman–Crippen LogP) is 3.40. The molecule has 0 aliphatic heterocycles. The Morgan fingerprint density at radius 3 is 2.79 bits per heavy atom. The average molecular weight is 280 g/mol. The van der Waals surface area contributed by atoms with Crippen LogP contribution in [-0.4, -0.2) is 17.0 Å². The average Bonchev–Trinajstić information content (AvgIpc) is 2.41. The Morgan fingerprint density at radius 1 is 1.37 bits per heavy atom. The highest BCUT2D eigenvalue weighted by atomic mass is 35.5. The third kappa shape index (κ3) is 2.92. The van der Waals surface area contributed by atoms with E-state index in [-0.39, 0.29) is 5.69 Å². The lowest BCUT2D eigenvalue weighted by Crippen LogP contribution is -1.98. The Balaban J connectivity index is 2.40. The van der Waals surface area contributed by atoms with Gasteiger partial charge in [0.15, 0.2) is 0 Å². The molecule has 0 aliphatic carbocycles. The van der Waals surface area contributed by atoms with E-state index in [0.29, 0.717) is 22.1 Å². The maximum absolute atomic E-state index is 11.0. The molecule has 2 aromatic rings. The standard InChI is InChI=1S/C12H10ClN3O3/c1-19-8-2-3-11(12(6-8)16(17)18)15-10-4-5-14-7-9(10)13/h2-7H,1H3,(H,14,15). The Morgan fingerprint density at radius 2 is 2.16 bits per heavy atom. The molecule has 0 fully saturated rings. The molecular weight excluding hydrogens is 270 g/mol. The minimum absolute atomic E-state index is 0.0905. The first-order valence-corrected chi connectivity index (χ1v) is 5.68. The fraction of sp³-hybridized carbons (Fsp3) is 0.0833. The molecular formula is C12H10ClN3O3. The maximum Gasteiger partial charge on any atom is 0.296 e. The third-order valence-corrected chi connectivity index (χ3v) is 2.74. The number of hydrogen-bond donors (Lipinski definition) is 1. The minimum Gasteiger partial charge on any atom is -0.496 e. The van der Waals surface area contributed by atoms with Crippen LogP contribution in [0, 0.1) is 10.1 Å². The van der Waals surface area contributed by atoms with Crippen LogP contribution in [0.1, 0.15) is 0 Å². The number of pyridine rings is 1. The second-order valence-electron chi connectivity index (χ2n) is 3.62. The van der Waals surface area contributed by atoms with Gasteiger partial charge in [-0.05, 0) is 18.2 Å². The zero-order valence-electron chi connectivity index (χ0n) is 9.96. The lowest BCUT2D eigenvalue weighted by molar-refractivity contribution is -0.384. The highest BCUT2D eigenvalue weighted by molar-refractivity contribution is 6.33. The predicted molar refractivity (Wildman–Crippen MR) is 72.2 cm³/mol. The van der Waals surface area contributed by atoms with E-state index in [9.17, 15) is 10.1 Å². The van der Waals surface area contributed by atoms with Gasteiger partial charge in [-0.3, -0.25) is 15.1 Å². The molecule has 0 atom stereocenters. The van der Waals surface area contributed by atoms with Gasteiger partial charge in [0, 0.05) is 12.4 Å². The zero-order chi connectivity index (χ0) is 13.8. The van der Waals surface area contributed by atoms with Crippen molar-refractivity contribution >= 4 is 28.7 Å². The van der Waals surface area contributed by atoms with Crippen molar-refractivity contribution < 1.29 is 9.66 Å². The summed E-state index contributed by atoms with van der Waals surface area (Å²) in [6.45, 7) is 0. The van der Waals surface area contributed by atoms with Crippen molar-refractivity contribution in [2.75, 3.05) is 12.4 Å². The smallest absolute Gasteiger partial charge is 0.296 e. The first kappa shape index (κ1) is 13.1. The number of nitro groups is 1. The SMILES string of the molecule is COc1ccc(Nc2ccncc2Cl)c([N+](=O)[O-])c1. The van der Waals surface area contributed by atoms with Crippen molar-refractivity contribution in [2.24, 2.45) is 0 Å². The van der Waals surface area contributed by atoms with Crippen molar-refractivity contribution in [3.05, 3.63) is 51.8 Å². The van der Waals surface area contributed by atoms with Gasteiger partial charge >= 0.3 is 0 Å². The summed E-state index contributed by atoms with van der Waals surface area (Å²) in [5.74, 6) is 0.415. The molecule has 6 nitrogen and oxygen atoms in total. The number of hydrogen-bond acceptors (Lipinski definition) is 5. The van der Waals surface area contributed by atoms with Crippen molar-refractivity contribution in [1.29, 1.82) is 0 Å². The number of nitrogens with zero attached hydrogens (tertiary/aromatic N) is 2. The molecule has 19 heavy (non-hydrogen) atoms. The largest absolute Gasteiger partial charge is 0.496 e. The Bertz CT molecular complexity index is 619. The van der Waals surface area contributed by atoms with Crippen LogP contribution in [0.4, 0.5) is 17.1 Å². The van der Waals surface area contributed by atoms with Crippen LogP contribution < -0.4 is 10.1 Å². The number of halogens is 1. The fourth-order valence-electron chi connectivity index (χ4n) is 1.52. The zero-order valence-corrected chi connectivity index (χ0v) is 10.7. The van der Waals surface area contributed by atoms with Gasteiger partial charge in [0.25, 0.3) is 5.69 Å². The summed E-state index contributed by atoms with van der Waals surface area (Å²) >= 11 is 5.95. The molecule has 1 N–H and O–H groups in total. The Labute approximate surface area is 114 Å². The lowest BCUT2D eigenvalue weighted by Gasteiger charge is -2.09. The molecule has 2 rings (SSSR count). The number of aromatic nitrogens is 1. The summed E-state index contributed by atoms with van der Waals surface area (Å²) in [5, 5.41) is 14.3. The van der Waals surface area contributed by atoms with Crippen molar-refractivity contribution in [3.63, 3.8) is 0 Å². The van der Waals surface area contributed by atoms with Crippen LogP contribution in [0.15, 0.2) is 36.7 Å². The number of nitro benzene ring substituents is 1. The number of anilines is 2. The molecule has 0 amide bonds. The third-order valence-electron chi connectivity index (χ3n) is 2.44. The van der Waals surface area contributed by atoms with E-state index < -0.39 is 4.92 Å². The summed E-state index contributed by atoms with van der Waals surface area (Å²) in [5.41, 5.74) is 0.788. The molecule has 0 aliphatic rings. The molecule has 0 spiro atoms. The van der Waals surface area contributed by atoms with Crippen molar-refractivity contribution in [3.8, 4) is 5.75 Å². The van der Waals surface area contributed by atoms with Gasteiger partial charge in [-0.1, -0.05) is 11.6 Å². The number of methoxy groups -OCH3 is 1.